The molecular weight excluding hydrogens is 570 g/mol. The first-order valence-electron chi connectivity index (χ1n) is 15.1. The van der Waals surface area contributed by atoms with Gasteiger partial charge < -0.3 is 4.74 Å². The van der Waals surface area contributed by atoms with E-state index in [0.29, 0.717) is 0 Å². The summed E-state index contributed by atoms with van der Waals surface area (Å²) in [5.74, 6) is 1.95. The fourth-order valence-corrected chi connectivity index (χ4v) is 13.2. The van der Waals surface area contributed by atoms with Gasteiger partial charge in [0.2, 0.25) is 0 Å². The highest BCUT2D eigenvalue weighted by Gasteiger charge is 2.47. The molecule has 0 atom stereocenters. The van der Waals surface area contributed by atoms with Crippen molar-refractivity contribution in [2.45, 2.75) is 19.3 Å². The van der Waals surface area contributed by atoms with Gasteiger partial charge in [0, 0.05) is 21.8 Å². The molecule has 0 saturated heterocycles. The van der Waals surface area contributed by atoms with Gasteiger partial charge in [-0.2, -0.15) is 0 Å². The van der Waals surface area contributed by atoms with Crippen LogP contribution in [0.3, 0.4) is 0 Å². The zero-order valence-electron chi connectivity index (χ0n) is 25.5. The molecule has 0 amide bonds. The van der Waals surface area contributed by atoms with Crippen LogP contribution in [0, 0.1) is 0 Å². The van der Waals surface area contributed by atoms with Crippen LogP contribution in [-0.2, 0) is 5.41 Å². The first-order valence-corrected chi connectivity index (χ1v) is 19.4. The molecule has 1 nitrogen and oxygen atoms in total. The van der Waals surface area contributed by atoms with E-state index in [1.54, 1.807) is 0 Å². The molecule has 1 heterocycles. The molecular formula is C41H37OP2+. The third-order valence-electron chi connectivity index (χ3n) is 9.37. The van der Waals surface area contributed by atoms with E-state index in [1.807, 2.05) is 0 Å². The molecule has 0 N–H and O–H groups in total. The van der Waals surface area contributed by atoms with E-state index in [9.17, 15) is 0 Å². The molecule has 0 unspecified atom stereocenters. The lowest BCUT2D eigenvalue weighted by atomic mass is 9.76. The lowest BCUT2D eigenvalue weighted by Crippen LogP contribution is -2.36. The Labute approximate surface area is 262 Å². The molecule has 6 aromatic rings. The number of rotatable bonds is 6. The second-order valence-electron chi connectivity index (χ2n) is 12.2. The molecule has 6 aromatic carbocycles. The number of hydrogen-bond acceptors (Lipinski definition) is 1. The summed E-state index contributed by atoms with van der Waals surface area (Å²) in [5.41, 5.74) is 2.16. The molecule has 44 heavy (non-hydrogen) atoms. The third kappa shape index (κ3) is 4.42. The van der Waals surface area contributed by atoms with Crippen molar-refractivity contribution in [3.05, 3.63) is 169 Å². The van der Waals surface area contributed by atoms with E-state index in [1.165, 1.54) is 43.0 Å². The third-order valence-corrected chi connectivity index (χ3v) is 16.9. The number of fused-ring (bicyclic) bond motifs is 2. The highest BCUT2D eigenvalue weighted by Crippen LogP contribution is 2.58. The van der Waals surface area contributed by atoms with Gasteiger partial charge in [0.25, 0.3) is 0 Å². The molecule has 1 aliphatic heterocycles. The normalized spacial score (nSPS) is 13.8. The second kappa shape index (κ2) is 11.1. The minimum Gasteiger partial charge on any atom is -0.452 e. The molecule has 0 radical (unpaired) electrons. The summed E-state index contributed by atoms with van der Waals surface area (Å²) in [6, 6.07) is 57.1. The van der Waals surface area contributed by atoms with Crippen LogP contribution in [0.2, 0.25) is 0 Å². The van der Waals surface area contributed by atoms with E-state index in [-0.39, 0.29) is 5.41 Å². The van der Waals surface area contributed by atoms with Gasteiger partial charge in [0.1, 0.15) is 28.9 Å². The van der Waals surface area contributed by atoms with Crippen LogP contribution < -0.4 is 36.6 Å². The van der Waals surface area contributed by atoms with Crippen LogP contribution in [-0.4, -0.2) is 13.0 Å². The largest absolute Gasteiger partial charge is 0.452 e. The maximum atomic E-state index is 7.37. The maximum absolute atomic E-state index is 7.37. The summed E-state index contributed by atoms with van der Waals surface area (Å²) in [6.45, 7) is 4.84. The second-order valence-corrected chi connectivity index (χ2v) is 18.9. The van der Waals surface area contributed by atoms with Gasteiger partial charge in [0.15, 0.2) is 5.75 Å². The molecule has 0 bridgehead atoms. The summed E-state index contributed by atoms with van der Waals surface area (Å²) in [6.07, 6.45) is 5.10. The number of hydrogen-bond donors (Lipinski definition) is 0. The van der Waals surface area contributed by atoms with Crippen molar-refractivity contribution in [1.82, 2.24) is 0 Å². The number of benzene rings is 6. The van der Waals surface area contributed by atoms with E-state index in [2.05, 4.69) is 178 Å². The molecule has 0 aromatic heterocycles. The Balaban J connectivity index is 1.51. The van der Waals surface area contributed by atoms with E-state index in [4.69, 9.17) is 11.0 Å². The smallest absolute Gasteiger partial charge is 0.174 e. The van der Waals surface area contributed by atoms with Gasteiger partial charge in [-0.25, -0.2) is 0 Å². The molecule has 7 rings (SSSR count). The van der Waals surface area contributed by atoms with Gasteiger partial charge in [-0.3, -0.25) is 0 Å². The molecule has 0 aliphatic carbocycles. The Kier molecular flexibility index (Phi) is 7.21. The Hall–Kier alpha value is -4.15. The van der Waals surface area contributed by atoms with Crippen molar-refractivity contribution >= 4 is 52.3 Å². The Morgan fingerprint density at radius 3 is 1.45 bits per heavy atom. The molecule has 0 saturated carbocycles. The first-order chi connectivity index (χ1) is 21.4. The highest BCUT2D eigenvalue weighted by molar-refractivity contribution is 7.95. The zero-order valence-corrected chi connectivity index (χ0v) is 27.3. The van der Waals surface area contributed by atoms with Crippen LogP contribution in [0.1, 0.15) is 25.0 Å². The standard InChI is InChI=1S/C41H37OP2/c1-41(2)35-27-17-29-37(43(3,31-19-9-5-10-20-31)32-21-11-6-12-22-32)39(35)42-40-36(41)28-18-30-38(40)44(4,33-23-13-7-14-24-33)34-25-15-8-16-26-34/h5-30H,3H2,1-2,4H3/q+1. The topological polar surface area (TPSA) is 9.23 Å². The van der Waals surface area contributed by atoms with Crippen molar-refractivity contribution in [2.75, 3.05) is 6.66 Å². The van der Waals surface area contributed by atoms with Gasteiger partial charge in [0.05, 0.1) is 6.66 Å². The SMILES string of the molecule is C=P(c1ccccc1)(c1ccccc1)c1cccc2c1Oc1c(cccc1[P+](C)(c1ccccc1)c1ccccc1)C2(C)C. The Morgan fingerprint density at radius 1 is 0.523 bits per heavy atom. The summed E-state index contributed by atoms with van der Waals surface area (Å²) >= 11 is 0. The summed E-state index contributed by atoms with van der Waals surface area (Å²) < 4.78 is 7.37. The quantitative estimate of drug-likeness (QED) is 0.176. The lowest BCUT2D eigenvalue weighted by Gasteiger charge is -2.39. The minimum atomic E-state index is -2.29. The van der Waals surface area contributed by atoms with E-state index in [0.717, 1.165) is 11.5 Å². The Bertz CT molecular complexity index is 1900. The van der Waals surface area contributed by atoms with Crippen molar-refractivity contribution in [1.29, 1.82) is 0 Å². The van der Waals surface area contributed by atoms with Crippen LogP contribution in [0.25, 0.3) is 0 Å². The van der Waals surface area contributed by atoms with Crippen molar-refractivity contribution < 1.29 is 4.74 Å². The van der Waals surface area contributed by atoms with Crippen LogP contribution >= 0.6 is 14.1 Å². The Morgan fingerprint density at radius 2 is 0.955 bits per heavy atom. The van der Waals surface area contributed by atoms with Crippen LogP contribution in [0.5, 0.6) is 11.5 Å². The van der Waals surface area contributed by atoms with Gasteiger partial charge in [-0.1, -0.05) is 148 Å². The first kappa shape index (κ1) is 28.6. The minimum absolute atomic E-state index is 0.272. The monoisotopic (exact) mass is 607 g/mol. The average molecular weight is 608 g/mol. The summed E-state index contributed by atoms with van der Waals surface area (Å²) in [4.78, 5) is 0. The van der Waals surface area contributed by atoms with Crippen LogP contribution in [0.15, 0.2) is 158 Å². The number of ether oxygens (including phenoxy) is 1. The predicted molar refractivity (Wildman–Crippen MR) is 196 cm³/mol. The molecule has 3 heteroatoms. The molecule has 0 spiro atoms. The van der Waals surface area contributed by atoms with Gasteiger partial charge in [-0.05, 0) is 47.8 Å². The maximum Gasteiger partial charge on any atom is 0.174 e. The van der Waals surface area contributed by atoms with Crippen molar-refractivity contribution in [3.8, 4) is 11.5 Å². The lowest BCUT2D eigenvalue weighted by molar-refractivity contribution is 0.425. The molecule has 0 fully saturated rings. The number of para-hydroxylation sites is 2. The van der Waals surface area contributed by atoms with Crippen molar-refractivity contribution in [2.24, 2.45) is 0 Å². The van der Waals surface area contributed by atoms with E-state index < -0.39 is 14.1 Å². The summed E-state index contributed by atoms with van der Waals surface area (Å²) in [7, 11) is -2.06. The molecule has 216 valence electrons. The van der Waals surface area contributed by atoms with Gasteiger partial charge in [-0.15, -0.1) is 0 Å². The average Bonchev–Trinajstić information content (AvgIpc) is 3.09. The highest BCUT2D eigenvalue weighted by atomic mass is 31.2. The van der Waals surface area contributed by atoms with Gasteiger partial charge >= 0.3 is 0 Å². The van der Waals surface area contributed by atoms with Crippen LogP contribution in [0.4, 0.5) is 0 Å². The van der Waals surface area contributed by atoms with Crippen molar-refractivity contribution in [3.63, 3.8) is 0 Å². The predicted octanol–water partition coefficient (Wildman–Crippen LogP) is 7.77. The molecule has 1 aliphatic rings. The summed E-state index contributed by atoms with van der Waals surface area (Å²) in [5, 5.41) is 7.62. The fourth-order valence-electron chi connectivity index (χ4n) is 6.82. The van der Waals surface area contributed by atoms with E-state index >= 15 is 0 Å². The fraction of sp³-hybridized carbons (Fsp3) is 0.0976. The zero-order chi connectivity index (χ0) is 30.4.